The molecule has 10 aromatic rings. The summed E-state index contributed by atoms with van der Waals surface area (Å²) < 4.78 is 12.2. The quantitative estimate of drug-likeness (QED) is 0.105. The Hall–Kier alpha value is -3.24. The fourth-order valence-corrected chi connectivity index (χ4v) is 13.8. The van der Waals surface area contributed by atoms with Gasteiger partial charge in [0.2, 0.25) is 0 Å². The fraction of sp³-hybridized carbons (Fsp3) is 0.250. The van der Waals surface area contributed by atoms with Crippen molar-refractivity contribution in [3.05, 3.63) is 92.2 Å². The average molecular weight is 890 g/mol. The maximum Gasteiger partial charge on any atom is 0.0781 e. The topological polar surface area (TPSA) is 0 Å². The summed E-state index contributed by atoms with van der Waals surface area (Å²) >= 11 is 14.7. The summed E-state index contributed by atoms with van der Waals surface area (Å²) in [6.45, 7) is 4.45. The lowest BCUT2D eigenvalue weighted by molar-refractivity contribution is 0.679. The molecule has 0 nitrogen and oxygen atoms in total. The van der Waals surface area contributed by atoms with Crippen molar-refractivity contribution in [1.82, 2.24) is 0 Å². The first-order valence-corrected chi connectivity index (χ1v) is 24.9. The van der Waals surface area contributed by atoms with Crippen LogP contribution in [0.4, 0.5) is 0 Å². The van der Waals surface area contributed by atoms with Gasteiger partial charge in [-0.1, -0.05) is 64.2 Å². The van der Waals surface area contributed by atoms with Crippen LogP contribution in [0.3, 0.4) is 0 Å². The molecule has 0 N–H and O–H groups in total. The third kappa shape index (κ3) is 8.70. The van der Waals surface area contributed by atoms with E-state index in [1.54, 1.807) is 11.3 Å². The summed E-state index contributed by atoms with van der Waals surface area (Å²) in [6.07, 6.45) is 17.3. The average Bonchev–Trinajstić information content (AvgIpc) is 4.04. The summed E-state index contributed by atoms with van der Waals surface area (Å²) in [5, 5.41) is 15.3. The molecule has 0 aliphatic rings. The Bertz CT molecular complexity index is 3010. The van der Waals surface area contributed by atoms with Gasteiger partial charge in [0, 0.05) is 72.0 Å². The van der Waals surface area contributed by atoms with Gasteiger partial charge in [0.1, 0.15) is 0 Å². The molecule has 7 heteroatoms. The van der Waals surface area contributed by atoms with Gasteiger partial charge < -0.3 is 0 Å². The van der Waals surface area contributed by atoms with Crippen LogP contribution in [-0.4, -0.2) is 0 Å². The van der Waals surface area contributed by atoms with Crippen LogP contribution in [0.15, 0.2) is 87.3 Å². The highest BCUT2D eigenvalue weighted by molar-refractivity contribution is 9.11. The van der Waals surface area contributed by atoms with Crippen molar-refractivity contribution in [1.29, 1.82) is 0 Å². The Balaban J connectivity index is 0.000000134. The second-order valence-corrected chi connectivity index (χ2v) is 21.5. The number of halogens is 1. The van der Waals surface area contributed by atoms with E-state index in [9.17, 15) is 0 Å². The monoisotopic (exact) mass is 888 g/mol. The highest BCUT2D eigenvalue weighted by Gasteiger charge is 2.12. The molecule has 6 heterocycles. The zero-order chi connectivity index (χ0) is 37.7. The third-order valence-electron chi connectivity index (χ3n) is 9.88. The second-order valence-electron chi connectivity index (χ2n) is 13.9. The number of terminal acetylenes is 1. The molecule has 0 fully saturated rings. The van der Waals surface area contributed by atoms with Crippen molar-refractivity contribution in [2.75, 3.05) is 0 Å². The maximum absolute atomic E-state index is 5.06. The number of hydrogen-bond donors (Lipinski definition) is 0. The minimum Gasteiger partial charge on any atom is -0.144 e. The first-order valence-electron chi connectivity index (χ1n) is 19.1. The van der Waals surface area contributed by atoms with Crippen LogP contribution < -0.4 is 0 Å². The molecule has 0 spiro atoms. The molecule has 0 atom stereocenters. The molecular formula is C48H41BrS6. The van der Waals surface area contributed by atoms with Crippen LogP contribution in [-0.2, 0) is 0 Å². The highest BCUT2D eigenvalue weighted by Crippen LogP contribution is 2.43. The van der Waals surface area contributed by atoms with Gasteiger partial charge >= 0.3 is 0 Å². The molecule has 0 aliphatic carbocycles. The number of rotatable bonds is 8. The van der Waals surface area contributed by atoms with E-state index in [1.165, 1.54) is 141 Å². The SMILES string of the molecule is Brc1cc2cc3c(cc2s1)sc1cc2sccc2cc13.C#CCCCCCC.CCCCCCC#Cc1cc2cc3c(cc2s1)sc1cc2sccc2cc13. The standard InChI is InChI=1S/C24H20S3.C16H7BrS3.C8H14/c1-2-3-4-5-6-7-8-18-11-17-13-20-19-12-16-9-10-25-21(16)14-23(19)27-24(20)15-22(17)26-18;17-16-5-9-4-11-10-3-8-1-2-18-12(8)6-14(10)19-15(11)7-13(9)20-16;1-3-5-7-8-6-4-2/h9-15H,2-6H2,1H3;1-7H;1H,4-8H2,2H3. The van der Waals surface area contributed by atoms with E-state index < -0.39 is 0 Å². The van der Waals surface area contributed by atoms with Gasteiger partial charge in [0.05, 0.1) is 8.66 Å². The molecule has 0 amide bonds. The van der Waals surface area contributed by atoms with Crippen molar-refractivity contribution in [3.63, 3.8) is 0 Å². The summed E-state index contributed by atoms with van der Waals surface area (Å²) in [7, 11) is 0. The molecule has 0 radical (unpaired) electrons. The lowest BCUT2D eigenvalue weighted by atomic mass is 10.1. The van der Waals surface area contributed by atoms with Crippen molar-refractivity contribution in [3.8, 4) is 24.2 Å². The Morgan fingerprint density at radius 2 is 0.982 bits per heavy atom. The van der Waals surface area contributed by atoms with Crippen molar-refractivity contribution in [2.24, 2.45) is 0 Å². The summed E-state index contributed by atoms with van der Waals surface area (Å²) in [5.41, 5.74) is 0. The Kier molecular flexibility index (Phi) is 12.6. The van der Waals surface area contributed by atoms with Gasteiger partial charge in [-0.05, 0) is 134 Å². The molecule has 0 unspecified atom stereocenters. The van der Waals surface area contributed by atoms with E-state index in [-0.39, 0.29) is 0 Å². The van der Waals surface area contributed by atoms with Crippen LogP contribution in [0.5, 0.6) is 0 Å². The minimum absolute atomic E-state index is 0.958. The Labute approximate surface area is 356 Å². The molecule has 0 aliphatic heterocycles. The number of thiophene rings is 6. The second kappa shape index (κ2) is 17.9. The number of unbranched alkanes of at least 4 members (excludes halogenated alkanes) is 8. The number of hydrogen-bond acceptors (Lipinski definition) is 6. The van der Waals surface area contributed by atoms with Crippen LogP contribution in [0, 0.1) is 24.2 Å². The summed E-state index contributed by atoms with van der Waals surface area (Å²) in [6, 6.07) is 27.7. The first-order chi connectivity index (χ1) is 27.0. The van der Waals surface area contributed by atoms with Crippen LogP contribution in [0.25, 0.3) is 80.7 Å². The Morgan fingerprint density at radius 3 is 1.53 bits per heavy atom. The molecule has 0 saturated carbocycles. The van der Waals surface area contributed by atoms with Crippen LogP contribution in [0.1, 0.15) is 82.9 Å². The molecule has 0 bridgehead atoms. The maximum atomic E-state index is 5.06. The van der Waals surface area contributed by atoms with E-state index in [1.807, 2.05) is 56.7 Å². The molecule has 10 rings (SSSR count). The van der Waals surface area contributed by atoms with E-state index in [4.69, 9.17) is 6.42 Å². The molecule has 6 aromatic heterocycles. The lowest BCUT2D eigenvalue weighted by Crippen LogP contribution is -1.73. The minimum atomic E-state index is 0.958. The van der Waals surface area contributed by atoms with E-state index >= 15 is 0 Å². The predicted octanol–water partition coefficient (Wildman–Crippen LogP) is 18.6. The van der Waals surface area contributed by atoms with E-state index in [2.05, 4.69) is 131 Å². The molecule has 55 heavy (non-hydrogen) atoms. The van der Waals surface area contributed by atoms with Gasteiger partial charge in [0.25, 0.3) is 0 Å². The Morgan fingerprint density at radius 1 is 0.491 bits per heavy atom. The van der Waals surface area contributed by atoms with E-state index in [0.717, 1.165) is 12.8 Å². The number of benzene rings is 4. The fourth-order valence-electron chi connectivity index (χ4n) is 7.01. The molecule has 276 valence electrons. The third-order valence-corrected chi connectivity index (χ3v) is 16.5. The van der Waals surface area contributed by atoms with Crippen LogP contribution in [0.2, 0.25) is 0 Å². The van der Waals surface area contributed by atoms with Crippen molar-refractivity contribution in [2.45, 2.75) is 78.1 Å². The predicted molar refractivity (Wildman–Crippen MR) is 261 cm³/mol. The number of fused-ring (bicyclic) bond motifs is 10. The summed E-state index contributed by atoms with van der Waals surface area (Å²) in [5.74, 6) is 9.38. The van der Waals surface area contributed by atoms with Crippen molar-refractivity contribution >= 4 is 165 Å². The smallest absolute Gasteiger partial charge is 0.0781 e. The molecular weight excluding hydrogens is 849 g/mol. The van der Waals surface area contributed by atoms with Gasteiger partial charge in [-0.2, -0.15) is 0 Å². The lowest BCUT2D eigenvalue weighted by Gasteiger charge is -1.94. The first kappa shape index (κ1) is 38.6. The van der Waals surface area contributed by atoms with Gasteiger partial charge in [-0.3, -0.25) is 0 Å². The van der Waals surface area contributed by atoms with E-state index in [0.29, 0.717) is 0 Å². The van der Waals surface area contributed by atoms with Crippen molar-refractivity contribution < 1.29 is 0 Å². The zero-order valence-corrected chi connectivity index (χ0v) is 37.5. The van der Waals surface area contributed by atoms with Gasteiger partial charge in [-0.15, -0.1) is 80.4 Å². The molecule has 0 saturated heterocycles. The van der Waals surface area contributed by atoms with Gasteiger partial charge in [0.15, 0.2) is 0 Å². The largest absolute Gasteiger partial charge is 0.144 e. The van der Waals surface area contributed by atoms with Crippen LogP contribution >= 0.6 is 84.0 Å². The highest BCUT2D eigenvalue weighted by atomic mass is 79.9. The molecule has 4 aromatic carbocycles. The summed E-state index contributed by atoms with van der Waals surface area (Å²) in [4.78, 5) is 1.20. The normalized spacial score (nSPS) is 11.4. The van der Waals surface area contributed by atoms with Gasteiger partial charge in [-0.25, -0.2) is 0 Å². The zero-order valence-electron chi connectivity index (χ0n) is 31.1.